The molecule has 0 spiro atoms. The van der Waals surface area contributed by atoms with Crippen LogP contribution in [0.2, 0.25) is 0 Å². The lowest BCUT2D eigenvalue weighted by molar-refractivity contribution is 0.0697. The highest BCUT2D eigenvalue weighted by Crippen LogP contribution is 2.25. The molecule has 0 saturated heterocycles. The summed E-state index contributed by atoms with van der Waals surface area (Å²) < 4.78 is 4.93. The predicted molar refractivity (Wildman–Crippen MR) is 51.4 cm³/mol. The minimum atomic E-state index is -1.05. The van der Waals surface area contributed by atoms with E-state index in [2.05, 4.69) is 10.1 Å². The molecule has 2 heterocycles. The third kappa shape index (κ3) is 1.59. The van der Waals surface area contributed by atoms with Crippen LogP contribution in [0.1, 0.15) is 15.9 Å². The Hall–Kier alpha value is -2.17. The standard InChI is InChI=1S/C10H8N2O3/c1-6-4-11-3-2-7(6)9-8(10(13)14)5-12-15-9/h2-5H,1H3,(H,13,14). The lowest BCUT2D eigenvalue weighted by atomic mass is 10.1. The normalized spacial score (nSPS) is 10.2. The highest BCUT2D eigenvalue weighted by molar-refractivity contribution is 5.94. The van der Waals surface area contributed by atoms with E-state index in [-0.39, 0.29) is 11.3 Å². The zero-order valence-corrected chi connectivity index (χ0v) is 7.97. The van der Waals surface area contributed by atoms with Crippen LogP contribution in [0.25, 0.3) is 11.3 Å². The smallest absolute Gasteiger partial charge is 0.341 e. The first-order chi connectivity index (χ1) is 7.20. The van der Waals surface area contributed by atoms with Gasteiger partial charge in [0.25, 0.3) is 0 Å². The molecule has 76 valence electrons. The van der Waals surface area contributed by atoms with Crippen LogP contribution in [0, 0.1) is 6.92 Å². The van der Waals surface area contributed by atoms with Gasteiger partial charge in [-0.25, -0.2) is 4.79 Å². The van der Waals surface area contributed by atoms with Gasteiger partial charge in [0.2, 0.25) is 0 Å². The summed E-state index contributed by atoms with van der Waals surface area (Å²) in [5, 5.41) is 12.4. The molecule has 0 aromatic carbocycles. The van der Waals surface area contributed by atoms with Crippen LogP contribution < -0.4 is 0 Å². The van der Waals surface area contributed by atoms with Crippen molar-refractivity contribution in [2.24, 2.45) is 0 Å². The van der Waals surface area contributed by atoms with E-state index in [1.54, 1.807) is 18.5 Å². The Morgan fingerprint density at radius 3 is 2.93 bits per heavy atom. The van der Waals surface area contributed by atoms with Crippen molar-refractivity contribution in [2.75, 3.05) is 0 Å². The van der Waals surface area contributed by atoms with Gasteiger partial charge in [-0.15, -0.1) is 0 Å². The fourth-order valence-corrected chi connectivity index (χ4v) is 1.31. The van der Waals surface area contributed by atoms with Gasteiger partial charge in [0.1, 0.15) is 5.56 Å². The van der Waals surface area contributed by atoms with Gasteiger partial charge >= 0.3 is 5.97 Å². The second kappa shape index (κ2) is 3.53. The van der Waals surface area contributed by atoms with E-state index >= 15 is 0 Å². The van der Waals surface area contributed by atoms with Gasteiger partial charge < -0.3 is 9.63 Å². The minimum absolute atomic E-state index is 0.0595. The number of aromatic carboxylic acids is 1. The number of aryl methyl sites for hydroxylation is 1. The maximum Gasteiger partial charge on any atom is 0.341 e. The second-order valence-electron chi connectivity index (χ2n) is 3.06. The van der Waals surface area contributed by atoms with Gasteiger partial charge in [0.15, 0.2) is 5.76 Å². The summed E-state index contributed by atoms with van der Waals surface area (Å²) in [5.74, 6) is -0.787. The van der Waals surface area contributed by atoms with Crippen LogP contribution in [0.15, 0.2) is 29.2 Å². The molecule has 0 radical (unpaired) electrons. The van der Waals surface area contributed by atoms with E-state index < -0.39 is 5.97 Å². The number of hydrogen-bond donors (Lipinski definition) is 1. The van der Waals surface area contributed by atoms with Crippen LogP contribution in [-0.2, 0) is 0 Å². The Labute approximate surface area is 85.4 Å². The van der Waals surface area contributed by atoms with Gasteiger partial charge in [-0.1, -0.05) is 5.16 Å². The zero-order chi connectivity index (χ0) is 10.8. The second-order valence-corrected chi connectivity index (χ2v) is 3.06. The first-order valence-electron chi connectivity index (χ1n) is 4.29. The van der Waals surface area contributed by atoms with Crippen molar-refractivity contribution >= 4 is 5.97 Å². The molecule has 0 atom stereocenters. The Bertz CT molecular complexity index is 505. The van der Waals surface area contributed by atoms with Crippen LogP contribution >= 0.6 is 0 Å². The van der Waals surface area contributed by atoms with E-state index in [1.807, 2.05) is 6.92 Å². The third-order valence-corrected chi connectivity index (χ3v) is 2.07. The number of carboxylic acids is 1. The topological polar surface area (TPSA) is 76.2 Å². The van der Waals surface area contributed by atoms with Gasteiger partial charge in [0, 0.05) is 18.0 Å². The summed E-state index contributed by atoms with van der Waals surface area (Å²) in [6.07, 6.45) is 4.41. The first kappa shape index (κ1) is 9.39. The maximum atomic E-state index is 10.9. The molecule has 0 amide bonds. The van der Waals surface area contributed by atoms with Crippen LogP contribution in [0.5, 0.6) is 0 Å². The van der Waals surface area contributed by atoms with Crippen molar-refractivity contribution in [2.45, 2.75) is 6.92 Å². The average molecular weight is 204 g/mol. The molecule has 2 rings (SSSR count). The van der Waals surface area contributed by atoms with Crippen molar-refractivity contribution in [3.8, 4) is 11.3 Å². The summed E-state index contributed by atoms with van der Waals surface area (Å²) in [7, 11) is 0. The number of carbonyl (C=O) groups is 1. The molecular weight excluding hydrogens is 196 g/mol. The number of rotatable bonds is 2. The molecule has 0 saturated carbocycles. The Morgan fingerprint density at radius 1 is 1.47 bits per heavy atom. The Kier molecular flexibility index (Phi) is 2.21. The molecule has 0 unspecified atom stereocenters. The van der Waals surface area contributed by atoms with Crippen molar-refractivity contribution < 1.29 is 14.4 Å². The zero-order valence-electron chi connectivity index (χ0n) is 7.97. The van der Waals surface area contributed by atoms with Crippen LogP contribution in [0.4, 0.5) is 0 Å². The quantitative estimate of drug-likeness (QED) is 0.806. The third-order valence-electron chi connectivity index (χ3n) is 2.07. The fourth-order valence-electron chi connectivity index (χ4n) is 1.31. The average Bonchev–Trinajstić information content (AvgIpc) is 2.67. The minimum Gasteiger partial charge on any atom is -0.477 e. The summed E-state index contributed by atoms with van der Waals surface area (Å²) in [4.78, 5) is 14.8. The lowest BCUT2D eigenvalue weighted by Crippen LogP contribution is -1.96. The summed E-state index contributed by atoms with van der Waals surface area (Å²) >= 11 is 0. The van der Waals surface area contributed by atoms with Gasteiger partial charge in [0.05, 0.1) is 6.20 Å². The number of nitrogens with zero attached hydrogens (tertiary/aromatic N) is 2. The SMILES string of the molecule is Cc1cnccc1-c1oncc1C(=O)O. The van der Waals surface area contributed by atoms with Crippen molar-refractivity contribution in [3.05, 3.63) is 35.8 Å². The summed E-state index contributed by atoms with van der Waals surface area (Å²) in [5.41, 5.74) is 1.60. The molecule has 0 bridgehead atoms. The summed E-state index contributed by atoms with van der Waals surface area (Å²) in [6, 6.07) is 1.70. The molecule has 5 heteroatoms. The molecule has 0 aliphatic rings. The molecule has 2 aromatic rings. The summed E-state index contributed by atoms with van der Waals surface area (Å²) in [6.45, 7) is 1.83. The highest BCUT2D eigenvalue weighted by Gasteiger charge is 2.17. The molecule has 2 aromatic heterocycles. The van der Waals surface area contributed by atoms with Crippen LogP contribution in [-0.4, -0.2) is 21.2 Å². The van der Waals surface area contributed by atoms with Gasteiger partial charge in [-0.05, 0) is 18.6 Å². The van der Waals surface area contributed by atoms with Gasteiger partial charge in [-0.3, -0.25) is 4.98 Å². The predicted octanol–water partition coefficient (Wildman–Crippen LogP) is 1.74. The number of aromatic nitrogens is 2. The van der Waals surface area contributed by atoms with E-state index in [4.69, 9.17) is 9.63 Å². The first-order valence-corrected chi connectivity index (χ1v) is 4.29. The van der Waals surface area contributed by atoms with Crippen LogP contribution in [0.3, 0.4) is 0 Å². The maximum absolute atomic E-state index is 10.9. The number of hydrogen-bond acceptors (Lipinski definition) is 4. The van der Waals surface area contributed by atoms with E-state index in [0.717, 1.165) is 5.56 Å². The number of pyridine rings is 1. The highest BCUT2D eigenvalue weighted by atomic mass is 16.5. The van der Waals surface area contributed by atoms with Gasteiger partial charge in [-0.2, -0.15) is 0 Å². The lowest BCUT2D eigenvalue weighted by Gasteiger charge is -2.00. The van der Waals surface area contributed by atoms with E-state index in [1.165, 1.54) is 6.20 Å². The molecular formula is C10H8N2O3. The molecule has 0 aliphatic heterocycles. The van der Waals surface area contributed by atoms with Crippen molar-refractivity contribution in [1.29, 1.82) is 0 Å². The molecule has 15 heavy (non-hydrogen) atoms. The molecule has 0 fully saturated rings. The van der Waals surface area contributed by atoms with Crippen molar-refractivity contribution in [3.63, 3.8) is 0 Å². The molecule has 1 N–H and O–H groups in total. The Morgan fingerprint density at radius 2 is 2.27 bits per heavy atom. The molecule has 5 nitrogen and oxygen atoms in total. The largest absolute Gasteiger partial charge is 0.477 e. The molecule has 0 aliphatic carbocycles. The van der Waals surface area contributed by atoms with E-state index in [0.29, 0.717) is 5.56 Å². The van der Waals surface area contributed by atoms with E-state index in [9.17, 15) is 4.79 Å². The Balaban J connectivity index is 2.59. The van der Waals surface area contributed by atoms with Crippen molar-refractivity contribution in [1.82, 2.24) is 10.1 Å². The fraction of sp³-hybridized carbons (Fsp3) is 0.100. The monoisotopic (exact) mass is 204 g/mol. The number of carboxylic acid groups (broad SMARTS) is 1.